The second-order valence-corrected chi connectivity index (χ2v) is 8.53. The lowest BCUT2D eigenvalue weighted by atomic mass is 9.71. The molecule has 2 aliphatic heterocycles. The minimum absolute atomic E-state index is 0.00802. The normalized spacial score (nSPS) is 21.3. The molecule has 3 aromatic carbocycles. The van der Waals surface area contributed by atoms with E-state index in [-0.39, 0.29) is 36.4 Å². The highest BCUT2D eigenvalue weighted by atomic mass is 16.3. The molecule has 5 heteroatoms. The van der Waals surface area contributed by atoms with Crippen LogP contribution in [0.15, 0.2) is 84.9 Å². The molecular formula is C27H26N2O3. The van der Waals surface area contributed by atoms with Crippen molar-refractivity contribution in [3.63, 3.8) is 0 Å². The van der Waals surface area contributed by atoms with Gasteiger partial charge in [0.2, 0.25) is 11.8 Å². The van der Waals surface area contributed by atoms with Gasteiger partial charge in [-0.2, -0.15) is 0 Å². The quantitative estimate of drug-likeness (QED) is 0.682. The van der Waals surface area contributed by atoms with E-state index >= 15 is 0 Å². The van der Waals surface area contributed by atoms with E-state index in [0.29, 0.717) is 19.4 Å². The summed E-state index contributed by atoms with van der Waals surface area (Å²) in [7, 11) is 0. The zero-order valence-corrected chi connectivity index (χ0v) is 17.8. The number of anilines is 1. The van der Waals surface area contributed by atoms with Gasteiger partial charge >= 0.3 is 0 Å². The van der Waals surface area contributed by atoms with Gasteiger partial charge in [-0.3, -0.25) is 9.59 Å². The standard InChI is InChI=1S/C27H26N2O3/c30-18-24-27-21-13-7-8-14-22(21)28(25(31)15-19-9-3-1-4-10-19)17-23(27)29(24)26(32)16-20-11-5-2-6-12-20/h1-14,23-24,27,30H,15-18H2/t23-,24+,27+/m0/s1. The first-order valence-electron chi connectivity index (χ1n) is 11.1. The lowest BCUT2D eigenvalue weighted by Crippen LogP contribution is -2.71. The van der Waals surface area contributed by atoms with Gasteiger partial charge in [0.25, 0.3) is 0 Å². The van der Waals surface area contributed by atoms with Crippen LogP contribution in [-0.4, -0.2) is 47.1 Å². The Morgan fingerprint density at radius 3 is 1.97 bits per heavy atom. The number of nitrogens with zero attached hydrogens (tertiary/aromatic N) is 2. The van der Waals surface area contributed by atoms with Gasteiger partial charge in [0, 0.05) is 18.2 Å². The summed E-state index contributed by atoms with van der Waals surface area (Å²) in [4.78, 5) is 30.1. The molecule has 0 aliphatic carbocycles. The van der Waals surface area contributed by atoms with Crippen LogP contribution in [-0.2, 0) is 22.4 Å². The molecule has 162 valence electrons. The second kappa shape index (κ2) is 8.60. The first kappa shape index (κ1) is 20.5. The molecule has 0 spiro atoms. The summed E-state index contributed by atoms with van der Waals surface area (Å²) in [6.07, 6.45) is 0.605. The van der Waals surface area contributed by atoms with Crippen LogP contribution in [0.1, 0.15) is 22.6 Å². The highest BCUT2D eigenvalue weighted by molar-refractivity contribution is 5.97. The average molecular weight is 427 g/mol. The monoisotopic (exact) mass is 426 g/mol. The molecule has 5 nitrogen and oxygen atoms in total. The third kappa shape index (κ3) is 3.59. The fourth-order valence-corrected chi connectivity index (χ4v) is 5.20. The van der Waals surface area contributed by atoms with Gasteiger partial charge in [-0.1, -0.05) is 78.9 Å². The second-order valence-electron chi connectivity index (χ2n) is 8.53. The number of carbonyl (C=O) groups excluding carboxylic acids is 2. The summed E-state index contributed by atoms with van der Waals surface area (Å²) >= 11 is 0. The highest BCUT2D eigenvalue weighted by Crippen LogP contribution is 2.48. The summed E-state index contributed by atoms with van der Waals surface area (Å²) in [5, 5.41) is 10.1. The van der Waals surface area contributed by atoms with E-state index in [1.807, 2.05) is 89.8 Å². The lowest BCUT2D eigenvalue weighted by Gasteiger charge is -2.59. The molecule has 1 fully saturated rings. The summed E-state index contributed by atoms with van der Waals surface area (Å²) in [6.45, 7) is 0.359. The summed E-state index contributed by atoms with van der Waals surface area (Å²) in [5.41, 5.74) is 3.85. The van der Waals surface area contributed by atoms with Gasteiger partial charge in [-0.25, -0.2) is 0 Å². The smallest absolute Gasteiger partial charge is 0.231 e. The van der Waals surface area contributed by atoms with Crippen molar-refractivity contribution < 1.29 is 14.7 Å². The number of rotatable bonds is 5. The van der Waals surface area contributed by atoms with Crippen LogP contribution in [0.3, 0.4) is 0 Å². The first-order valence-corrected chi connectivity index (χ1v) is 11.1. The van der Waals surface area contributed by atoms with Crippen LogP contribution in [0.2, 0.25) is 0 Å². The Kier molecular flexibility index (Phi) is 5.50. The molecule has 2 heterocycles. The van der Waals surface area contributed by atoms with Crippen molar-refractivity contribution in [1.29, 1.82) is 0 Å². The molecule has 1 saturated heterocycles. The number of likely N-dealkylation sites (tertiary alicyclic amines) is 1. The lowest BCUT2D eigenvalue weighted by molar-refractivity contribution is -0.150. The van der Waals surface area contributed by atoms with Gasteiger partial charge in [-0.15, -0.1) is 0 Å². The fraction of sp³-hybridized carbons (Fsp3) is 0.259. The zero-order valence-electron chi connectivity index (χ0n) is 17.8. The molecule has 0 saturated carbocycles. The Balaban J connectivity index is 1.43. The average Bonchev–Trinajstić information content (AvgIpc) is 2.80. The number of carbonyl (C=O) groups is 2. The molecule has 0 unspecified atom stereocenters. The Bertz CT molecular complexity index is 1120. The predicted octanol–water partition coefficient (Wildman–Crippen LogP) is 3.17. The van der Waals surface area contributed by atoms with Crippen LogP contribution in [0.5, 0.6) is 0 Å². The topological polar surface area (TPSA) is 60.9 Å². The number of benzene rings is 3. The van der Waals surface area contributed by atoms with Crippen LogP contribution in [0, 0.1) is 0 Å². The minimum atomic E-state index is -0.260. The number of amides is 2. The van der Waals surface area contributed by atoms with Gasteiger partial charge in [0.05, 0.1) is 31.5 Å². The summed E-state index contributed by atoms with van der Waals surface area (Å²) in [5.74, 6) is 0.0491. The molecule has 0 bridgehead atoms. The van der Waals surface area contributed by atoms with Crippen molar-refractivity contribution in [3.8, 4) is 0 Å². The van der Waals surface area contributed by atoms with E-state index < -0.39 is 0 Å². The Hall–Kier alpha value is -3.44. The van der Waals surface area contributed by atoms with Gasteiger partial charge in [0.15, 0.2) is 0 Å². The van der Waals surface area contributed by atoms with Crippen molar-refractivity contribution in [2.45, 2.75) is 30.8 Å². The van der Waals surface area contributed by atoms with Crippen molar-refractivity contribution in [3.05, 3.63) is 102 Å². The number of aliphatic hydroxyl groups is 1. The number of aliphatic hydroxyl groups excluding tert-OH is 1. The zero-order chi connectivity index (χ0) is 22.1. The first-order chi connectivity index (χ1) is 15.7. The highest BCUT2D eigenvalue weighted by Gasteiger charge is 2.54. The molecule has 0 radical (unpaired) electrons. The van der Waals surface area contributed by atoms with E-state index in [1.54, 1.807) is 4.90 Å². The van der Waals surface area contributed by atoms with Crippen molar-refractivity contribution >= 4 is 17.5 Å². The van der Waals surface area contributed by atoms with Crippen LogP contribution < -0.4 is 4.90 Å². The van der Waals surface area contributed by atoms with Crippen molar-refractivity contribution in [1.82, 2.24) is 4.90 Å². The molecular weight excluding hydrogens is 400 g/mol. The predicted molar refractivity (Wildman–Crippen MR) is 123 cm³/mol. The number of fused-ring (bicyclic) bond motifs is 3. The Morgan fingerprint density at radius 1 is 0.781 bits per heavy atom. The van der Waals surface area contributed by atoms with E-state index in [1.165, 1.54) is 0 Å². The third-order valence-corrected chi connectivity index (χ3v) is 6.67. The van der Waals surface area contributed by atoms with Crippen molar-refractivity contribution in [2.24, 2.45) is 0 Å². The Labute approximate surface area is 187 Å². The summed E-state index contributed by atoms with van der Waals surface area (Å²) < 4.78 is 0. The fourth-order valence-electron chi connectivity index (χ4n) is 5.20. The largest absolute Gasteiger partial charge is 0.394 e. The van der Waals surface area contributed by atoms with Gasteiger partial charge in [-0.05, 0) is 22.8 Å². The molecule has 3 atom stereocenters. The summed E-state index contributed by atoms with van der Waals surface area (Å²) in [6, 6.07) is 26.9. The van der Waals surface area contributed by atoms with Gasteiger partial charge < -0.3 is 14.9 Å². The van der Waals surface area contributed by atoms with E-state index in [4.69, 9.17) is 0 Å². The molecule has 1 N–H and O–H groups in total. The maximum atomic E-state index is 13.3. The van der Waals surface area contributed by atoms with E-state index in [9.17, 15) is 14.7 Å². The molecule has 32 heavy (non-hydrogen) atoms. The molecule has 2 amide bonds. The molecule has 3 aromatic rings. The van der Waals surface area contributed by atoms with E-state index in [2.05, 4.69) is 0 Å². The minimum Gasteiger partial charge on any atom is -0.394 e. The van der Waals surface area contributed by atoms with Gasteiger partial charge in [0.1, 0.15) is 0 Å². The Morgan fingerprint density at radius 2 is 1.34 bits per heavy atom. The van der Waals surface area contributed by atoms with E-state index in [0.717, 1.165) is 22.4 Å². The SMILES string of the molecule is O=C(Cc1ccccc1)N1C[C@H]2[C@@H](c3ccccc31)[C@@H](CO)N2C(=O)Cc1ccccc1. The van der Waals surface area contributed by atoms with Crippen LogP contribution in [0.4, 0.5) is 5.69 Å². The third-order valence-electron chi connectivity index (χ3n) is 6.67. The molecule has 5 rings (SSSR count). The number of hydrogen-bond donors (Lipinski definition) is 1. The number of hydrogen-bond acceptors (Lipinski definition) is 3. The maximum Gasteiger partial charge on any atom is 0.231 e. The molecule has 0 aromatic heterocycles. The molecule has 2 aliphatic rings. The maximum absolute atomic E-state index is 13.3. The number of para-hydroxylation sites is 1. The van der Waals surface area contributed by atoms with Crippen LogP contribution >= 0.6 is 0 Å². The van der Waals surface area contributed by atoms with Crippen molar-refractivity contribution in [2.75, 3.05) is 18.1 Å². The van der Waals surface area contributed by atoms with Crippen LogP contribution in [0.25, 0.3) is 0 Å².